The number of likely N-dealkylation sites (N-methyl/N-ethyl adjacent to an activating group) is 1. The highest BCUT2D eigenvalue weighted by atomic mass is 16.5. The summed E-state index contributed by atoms with van der Waals surface area (Å²) in [6.45, 7) is 10.8. The van der Waals surface area contributed by atoms with E-state index in [4.69, 9.17) is 4.74 Å². The van der Waals surface area contributed by atoms with Gasteiger partial charge >= 0.3 is 0 Å². The van der Waals surface area contributed by atoms with Gasteiger partial charge in [-0.3, -0.25) is 14.7 Å². The predicted molar refractivity (Wildman–Crippen MR) is 100 cm³/mol. The minimum atomic E-state index is -0.0521. The molecule has 134 valence electrons. The Labute approximate surface area is 149 Å². The predicted octanol–water partition coefficient (Wildman–Crippen LogP) is 2.61. The SMILES string of the molecule is CCN1CC(NC(=O)c2cc(C)nc3c(C)c(C)ccc23)C(OC)C1. The van der Waals surface area contributed by atoms with Gasteiger partial charge in [0.2, 0.25) is 0 Å². The van der Waals surface area contributed by atoms with Gasteiger partial charge in [0.1, 0.15) is 0 Å². The summed E-state index contributed by atoms with van der Waals surface area (Å²) in [5.41, 5.74) is 4.77. The van der Waals surface area contributed by atoms with E-state index in [1.54, 1.807) is 7.11 Å². The topological polar surface area (TPSA) is 54.5 Å². The Morgan fingerprint density at radius 3 is 2.76 bits per heavy atom. The molecule has 0 radical (unpaired) electrons. The Morgan fingerprint density at radius 2 is 2.08 bits per heavy atom. The van der Waals surface area contributed by atoms with Crippen LogP contribution in [0, 0.1) is 20.8 Å². The number of rotatable bonds is 4. The molecule has 25 heavy (non-hydrogen) atoms. The van der Waals surface area contributed by atoms with E-state index in [1.807, 2.05) is 19.1 Å². The first-order valence-electron chi connectivity index (χ1n) is 8.88. The molecule has 2 heterocycles. The van der Waals surface area contributed by atoms with Gasteiger partial charge in [0, 0.05) is 31.3 Å². The van der Waals surface area contributed by atoms with Crippen LogP contribution in [0.5, 0.6) is 0 Å². The average molecular weight is 341 g/mol. The van der Waals surface area contributed by atoms with Gasteiger partial charge < -0.3 is 10.1 Å². The Hall–Kier alpha value is -1.98. The van der Waals surface area contributed by atoms with Crippen molar-refractivity contribution in [2.45, 2.75) is 39.8 Å². The van der Waals surface area contributed by atoms with Crippen molar-refractivity contribution < 1.29 is 9.53 Å². The van der Waals surface area contributed by atoms with Gasteiger partial charge in [-0.15, -0.1) is 0 Å². The minimum Gasteiger partial charge on any atom is -0.378 e. The maximum Gasteiger partial charge on any atom is 0.252 e. The summed E-state index contributed by atoms with van der Waals surface area (Å²) in [5, 5.41) is 4.09. The number of aryl methyl sites for hydroxylation is 3. The van der Waals surface area contributed by atoms with E-state index in [0.717, 1.165) is 41.8 Å². The van der Waals surface area contributed by atoms with Crippen molar-refractivity contribution in [1.29, 1.82) is 0 Å². The number of amides is 1. The van der Waals surface area contributed by atoms with E-state index in [1.165, 1.54) is 5.56 Å². The monoisotopic (exact) mass is 341 g/mol. The summed E-state index contributed by atoms with van der Waals surface area (Å²) in [4.78, 5) is 20.0. The van der Waals surface area contributed by atoms with Gasteiger partial charge in [0.15, 0.2) is 0 Å². The van der Waals surface area contributed by atoms with Crippen LogP contribution in [0.2, 0.25) is 0 Å². The molecule has 1 saturated heterocycles. The summed E-state index contributed by atoms with van der Waals surface area (Å²) < 4.78 is 5.57. The number of carbonyl (C=O) groups excluding carboxylic acids is 1. The molecule has 3 rings (SSSR count). The maximum absolute atomic E-state index is 13.0. The van der Waals surface area contributed by atoms with Crippen molar-refractivity contribution in [2.75, 3.05) is 26.7 Å². The van der Waals surface area contributed by atoms with Crippen LogP contribution in [0.1, 0.15) is 34.1 Å². The van der Waals surface area contributed by atoms with Crippen LogP contribution in [-0.4, -0.2) is 54.7 Å². The fraction of sp³-hybridized carbons (Fsp3) is 0.500. The van der Waals surface area contributed by atoms with Crippen molar-refractivity contribution in [3.63, 3.8) is 0 Å². The quantitative estimate of drug-likeness (QED) is 0.929. The summed E-state index contributed by atoms with van der Waals surface area (Å²) >= 11 is 0. The normalized spacial score (nSPS) is 21.0. The smallest absolute Gasteiger partial charge is 0.252 e. The van der Waals surface area contributed by atoms with Crippen LogP contribution >= 0.6 is 0 Å². The van der Waals surface area contributed by atoms with Crippen LogP contribution < -0.4 is 5.32 Å². The first-order valence-corrected chi connectivity index (χ1v) is 8.88. The number of nitrogens with one attached hydrogen (secondary N) is 1. The number of fused-ring (bicyclic) bond motifs is 1. The lowest BCUT2D eigenvalue weighted by atomic mass is 10.0. The molecule has 2 unspecified atom stereocenters. The van der Waals surface area contributed by atoms with Crippen molar-refractivity contribution in [2.24, 2.45) is 0 Å². The molecule has 1 aliphatic rings. The molecule has 0 spiro atoms. The van der Waals surface area contributed by atoms with Gasteiger partial charge in [-0.25, -0.2) is 0 Å². The molecule has 0 aliphatic carbocycles. The fourth-order valence-electron chi connectivity index (χ4n) is 3.58. The second kappa shape index (κ2) is 7.10. The highest BCUT2D eigenvalue weighted by molar-refractivity contribution is 6.07. The zero-order chi connectivity index (χ0) is 18.1. The zero-order valence-corrected chi connectivity index (χ0v) is 15.7. The number of carbonyl (C=O) groups is 1. The van der Waals surface area contributed by atoms with Crippen LogP contribution in [0.4, 0.5) is 0 Å². The molecule has 0 saturated carbocycles. The number of hydrogen-bond acceptors (Lipinski definition) is 4. The molecule has 2 aromatic rings. The zero-order valence-electron chi connectivity index (χ0n) is 15.7. The van der Waals surface area contributed by atoms with Gasteiger partial charge in [0.25, 0.3) is 5.91 Å². The van der Waals surface area contributed by atoms with E-state index >= 15 is 0 Å². The summed E-state index contributed by atoms with van der Waals surface area (Å²) in [6.07, 6.45) is 0.0297. The largest absolute Gasteiger partial charge is 0.378 e. The number of methoxy groups -OCH3 is 1. The maximum atomic E-state index is 13.0. The lowest BCUT2D eigenvalue weighted by Crippen LogP contribution is -2.43. The van der Waals surface area contributed by atoms with Gasteiger partial charge in [-0.05, 0) is 44.5 Å². The van der Waals surface area contributed by atoms with E-state index in [9.17, 15) is 4.79 Å². The number of hydrogen-bond donors (Lipinski definition) is 1. The van der Waals surface area contributed by atoms with Crippen molar-refractivity contribution >= 4 is 16.8 Å². The van der Waals surface area contributed by atoms with Crippen molar-refractivity contribution in [1.82, 2.24) is 15.2 Å². The van der Waals surface area contributed by atoms with Crippen molar-refractivity contribution in [3.8, 4) is 0 Å². The lowest BCUT2D eigenvalue weighted by Gasteiger charge is -2.19. The summed E-state index contributed by atoms with van der Waals surface area (Å²) in [6, 6.07) is 5.94. The highest BCUT2D eigenvalue weighted by Crippen LogP contribution is 2.24. The van der Waals surface area contributed by atoms with Gasteiger partial charge in [-0.1, -0.05) is 19.1 Å². The molecule has 1 N–H and O–H groups in total. The highest BCUT2D eigenvalue weighted by Gasteiger charge is 2.33. The molecule has 1 amide bonds. The number of likely N-dealkylation sites (tertiary alicyclic amines) is 1. The second-order valence-corrected chi connectivity index (χ2v) is 6.92. The summed E-state index contributed by atoms with van der Waals surface area (Å²) in [5.74, 6) is -0.0521. The van der Waals surface area contributed by atoms with E-state index < -0.39 is 0 Å². The standard InChI is InChI=1S/C20H27N3O2/c1-6-23-10-17(18(11-23)25-5)22-20(24)16-9-13(3)21-19-14(4)12(2)7-8-15(16)19/h7-9,17-18H,6,10-11H2,1-5H3,(H,22,24). The molecular weight excluding hydrogens is 314 g/mol. The third-order valence-electron chi connectivity index (χ3n) is 5.29. The van der Waals surface area contributed by atoms with Crippen LogP contribution in [-0.2, 0) is 4.74 Å². The third kappa shape index (κ3) is 3.39. The lowest BCUT2D eigenvalue weighted by molar-refractivity contribution is 0.0763. The average Bonchev–Trinajstić information content (AvgIpc) is 3.00. The Morgan fingerprint density at radius 1 is 1.32 bits per heavy atom. The molecule has 5 heteroatoms. The van der Waals surface area contributed by atoms with Gasteiger partial charge in [0.05, 0.1) is 23.2 Å². The number of ether oxygens (including phenoxy) is 1. The van der Waals surface area contributed by atoms with Crippen molar-refractivity contribution in [3.05, 3.63) is 40.6 Å². The van der Waals surface area contributed by atoms with Gasteiger partial charge in [-0.2, -0.15) is 0 Å². The molecule has 1 fully saturated rings. The number of aromatic nitrogens is 1. The molecule has 2 atom stereocenters. The Kier molecular flexibility index (Phi) is 5.06. The molecule has 5 nitrogen and oxygen atoms in total. The van der Waals surface area contributed by atoms with Crippen LogP contribution in [0.3, 0.4) is 0 Å². The molecule has 1 aromatic heterocycles. The Balaban J connectivity index is 1.94. The Bertz CT molecular complexity index is 803. The number of nitrogens with zero attached hydrogens (tertiary/aromatic N) is 2. The first-order chi connectivity index (χ1) is 11.9. The van der Waals surface area contributed by atoms with E-state index in [0.29, 0.717) is 5.56 Å². The van der Waals surface area contributed by atoms with E-state index in [2.05, 4.69) is 42.0 Å². The second-order valence-electron chi connectivity index (χ2n) is 6.92. The first kappa shape index (κ1) is 17.8. The molecule has 1 aromatic carbocycles. The summed E-state index contributed by atoms with van der Waals surface area (Å²) in [7, 11) is 1.71. The minimum absolute atomic E-state index is 0.00696. The van der Waals surface area contributed by atoms with Crippen LogP contribution in [0.15, 0.2) is 18.2 Å². The number of benzene rings is 1. The van der Waals surface area contributed by atoms with E-state index in [-0.39, 0.29) is 18.1 Å². The number of pyridine rings is 1. The molecule has 1 aliphatic heterocycles. The fourth-order valence-corrected chi connectivity index (χ4v) is 3.58. The van der Waals surface area contributed by atoms with Crippen LogP contribution in [0.25, 0.3) is 10.9 Å². The molecule has 0 bridgehead atoms. The third-order valence-corrected chi connectivity index (χ3v) is 5.29. The molecular formula is C20H27N3O2.